The molecule has 0 unspecified atom stereocenters. The van der Waals surface area contributed by atoms with Gasteiger partial charge in [-0.2, -0.15) is 0 Å². The molecule has 1 fully saturated rings. The summed E-state index contributed by atoms with van der Waals surface area (Å²) in [6.07, 6.45) is 6.26. The van der Waals surface area contributed by atoms with Gasteiger partial charge >= 0.3 is 0 Å². The molecule has 1 saturated heterocycles. The minimum absolute atomic E-state index is 0.992. The minimum Gasteiger partial charge on any atom is -0.372 e. The molecule has 0 saturated carbocycles. The van der Waals surface area contributed by atoms with Gasteiger partial charge in [0, 0.05) is 37.6 Å². The zero-order chi connectivity index (χ0) is 14.2. The van der Waals surface area contributed by atoms with Crippen molar-refractivity contribution in [3.8, 4) is 11.4 Å². The fraction of sp³-hybridized carbons (Fsp3) is 0.294. The molecular weight excluding hydrogens is 260 g/mol. The Labute approximate surface area is 124 Å². The maximum absolute atomic E-state index is 4.72. The highest BCUT2D eigenvalue weighted by atomic mass is 15.1. The quantitative estimate of drug-likeness (QED) is 0.721. The van der Waals surface area contributed by atoms with Crippen LogP contribution < -0.4 is 4.90 Å². The van der Waals surface area contributed by atoms with Gasteiger partial charge in [0.15, 0.2) is 0 Å². The molecule has 0 spiro atoms. The summed E-state index contributed by atoms with van der Waals surface area (Å²) >= 11 is 0. The maximum Gasteiger partial charge on any atom is 0.140 e. The van der Waals surface area contributed by atoms with E-state index in [0.717, 1.165) is 22.4 Å². The van der Waals surface area contributed by atoms with Crippen LogP contribution in [0.15, 0.2) is 42.7 Å². The molecule has 1 aliphatic heterocycles. The molecule has 21 heavy (non-hydrogen) atoms. The molecule has 0 amide bonds. The van der Waals surface area contributed by atoms with E-state index in [4.69, 9.17) is 4.98 Å². The number of hydrogen-bond acceptors (Lipinski definition) is 3. The normalized spacial score (nSPS) is 15.0. The van der Waals surface area contributed by atoms with Crippen LogP contribution in [0.4, 0.5) is 5.69 Å². The molecule has 3 heterocycles. The van der Waals surface area contributed by atoms with Gasteiger partial charge in [0.1, 0.15) is 5.82 Å². The first-order valence-electron chi connectivity index (χ1n) is 7.45. The zero-order valence-corrected chi connectivity index (χ0v) is 12.2. The third kappa shape index (κ3) is 2.07. The summed E-state index contributed by atoms with van der Waals surface area (Å²) in [4.78, 5) is 11.3. The Kier molecular flexibility index (Phi) is 2.88. The third-order valence-corrected chi connectivity index (χ3v) is 4.28. The van der Waals surface area contributed by atoms with Crippen LogP contribution in [-0.4, -0.2) is 27.6 Å². The predicted octanol–water partition coefficient (Wildman–Crippen LogP) is 3.24. The van der Waals surface area contributed by atoms with Crippen LogP contribution in [0.1, 0.15) is 12.8 Å². The first kappa shape index (κ1) is 12.4. The fourth-order valence-electron chi connectivity index (χ4n) is 3.09. The van der Waals surface area contributed by atoms with Crippen LogP contribution in [0, 0.1) is 0 Å². The Morgan fingerprint density at radius 1 is 1.00 bits per heavy atom. The topological polar surface area (TPSA) is 34.0 Å². The molecule has 4 heteroatoms. The van der Waals surface area contributed by atoms with E-state index in [1.165, 1.54) is 31.6 Å². The van der Waals surface area contributed by atoms with Crippen molar-refractivity contribution in [2.24, 2.45) is 7.05 Å². The molecule has 0 N–H and O–H groups in total. The number of fused-ring (bicyclic) bond motifs is 1. The van der Waals surface area contributed by atoms with E-state index in [1.54, 1.807) is 6.20 Å². The highest BCUT2D eigenvalue weighted by Crippen LogP contribution is 2.26. The van der Waals surface area contributed by atoms with Crippen molar-refractivity contribution in [3.63, 3.8) is 0 Å². The fourth-order valence-corrected chi connectivity index (χ4v) is 3.09. The molecule has 0 bridgehead atoms. The summed E-state index contributed by atoms with van der Waals surface area (Å²) in [6, 6.07) is 10.7. The molecule has 2 aromatic heterocycles. The number of hydrogen-bond donors (Lipinski definition) is 0. The molecule has 0 atom stereocenters. The third-order valence-electron chi connectivity index (χ3n) is 4.28. The van der Waals surface area contributed by atoms with Crippen molar-refractivity contribution in [1.82, 2.24) is 14.5 Å². The van der Waals surface area contributed by atoms with E-state index in [0.29, 0.717) is 0 Å². The van der Waals surface area contributed by atoms with E-state index >= 15 is 0 Å². The first-order chi connectivity index (χ1) is 10.3. The number of rotatable bonds is 2. The second-order valence-electron chi connectivity index (χ2n) is 5.60. The molecule has 1 aromatic carbocycles. The Balaban J connectivity index is 1.73. The van der Waals surface area contributed by atoms with Crippen molar-refractivity contribution < 1.29 is 0 Å². The lowest BCUT2D eigenvalue weighted by molar-refractivity contribution is 0.949. The summed E-state index contributed by atoms with van der Waals surface area (Å²) in [5, 5.41) is 0. The number of aryl methyl sites for hydroxylation is 1. The van der Waals surface area contributed by atoms with Gasteiger partial charge in [-0.25, -0.2) is 4.98 Å². The van der Waals surface area contributed by atoms with Crippen LogP contribution in [0.25, 0.3) is 22.4 Å². The van der Waals surface area contributed by atoms with Crippen molar-refractivity contribution in [2.75, 3.05) is 18.0 Å². The first-order valence-corrected chi connectivity index (χ1v) is 7.45. The lowest BCUT2D eigenvalue weighted by atomic mass is 10.2. The van der Waals surface area contributed by atoms with Gasteiger partial charge < -0.3 is 9.47 Å². The number of anilines is 1. The Morgan fingerprint density at radius 2 is 1.76 bits per heavy atom. The van der Waals surface area contributed by atoms with Crippen LogP contribution in [0.2, 0.25) is 0 Å². The van der Waals surface area contributed by atoms with Gasteiger partial charge in [-0.15, -0.1) is 0 Å². The second kappa shape index (κ2) is 4.88. The summed E-state index contributed by atoms with van der Waals surface area (Å²) in [7, 11) is 2.04. The molecule has 4 nitrogen and oxygen atoms in total. The van der Waals surface area contributed by atoms with E-state index in [2.05, 4.69) is 38.7 Å². The smallest absolute Gasteiger partial charge is 0.140 e. The Bertz CT molecular complexity index is 767. The molecule has 0 aliphatic carbocycles. The van der Waals surface area contributed by atoms with Gasteiger partial charge in [0.25, 0.3) is 0 Å². The lowest BCUT2D eigenvalue weighted by Crippen LogP contribution is -2.17. The van der Waals surface area contributed by atoms with Crippen LogP contribution in [-0.2, 0) is 7.05 Å². The zero-order valence-electron chi connectivity index (χ0n) is 12.2. The van der Waals surface area contributed by atoms with Crippen LogP contribution >= 0.6 is 0 Å². The number of pyridine rings is 1. The van der Waals surface area contributed by atoms with Gasteiger partial charge in [-0.05, 0) is 43.2 Å². The van der Waals surface area contributed by atoms with E-state index in [9.17, 15) is 0 Å². The van der Waals surface area contributed by atoms with Crippen LogP contribution in [0.3, 0.4) is 0 Å². The monoisotopic (exact) mass is 278 g/mol. The molecule has 1 aliphatic rings. The molecule has 106 valence electrons. The molecular formula is C17H18N4. The Hall–Kier alpha value is -2.36. The van der Waals surface area contributed by atoms with Crippen molar-refractivity contribution in [3.05, 3.63) is 42.7 Å². The van der Waals surface area contributed by atoms with E-state index < -0.39 is 0 Å². The minimum atomic E-state index is 0.992. The molecule has 0 radical (unpaired) electrons. The van der Waals surface area contributed by atoms with Crippen molar-refractivity contribution >= 4 is 16.7 Å². The Morgan fingerprint density at radius 3 is 2.48 bits per heavy atom. The SMILES string of the molecule is Cn1c(-c2ccc(N3CCCC3)cc2)nc2ccncc21. The van der Waals surface area contributed by atoms with Gasteiger partial charge in [0.05, 0.1) is 17.2 Å². The number of nitrogens with zero attached hydrogens (tertiary/aromatic N) is 4. The lowest BCUT2D eigenvalue weighted by Gasteiger charge is -2.17. The highest BCUT2D eigenvalue weighted by Gasteiger charge is 2.13. The summed E-state index contributed by atoms with van der Waals surface area (Å²) in [5.74, 6) is 0.992. The van der Waals surface area contributed by atoms with E-state index in [1.807, 2.05) is 19.3 Å². The van der Waals surface area contributed by atoms with Crippen LogP contribution in [0.5, 0.6) is 0 Å². The van der Waals surface area contributed by atoms with Gasteiger partial charge in [-0.1, -0.05) is 0 Å². The summed E-state index contributed by atoms with van der Waals surface area (Å²) in [6.45, 7) is 2.36. The predicted molar refractivity (Wildman–Crippen MR) is 85.4 cm³/mol. The van der Waals surface area contributed by atoms with E-state index in [-0.39, 0.29) is 0 Å². The highest BCUT2D eigenvalue weighted by molar-refractivity contribution is 5.79. The number of aromatic nitrogens is 3. The van der Waals surface area contributed by atoms with Gasteiger partial charge in [0.2, 0.25) is 0 Å². The average Bonchev–Trinajstić information content (AvgIpc) is 3.17. The summed E-state index contributed by atoms with van der Waals surface area (Å²) in [5.41, 5.74) is 4.52. The standard InChI is InChI=1S/C17H18N4/c1-20-16-12-18-9-8-15(16)19-17(20)13-4-6-14(7-5-13)21-10-2-3-11-21/h4-9,12H,2-3,10-11H2,1H3. The second-order valence-corrected chi connectivity index (χ2v) is 5.60. The molecule has 4 rings (SSSR count). The van der Waals surface area contributed by atoms with Crippen molar-refractivity contribution in [1.29, 1.82) is 0 Å². The summed E-state index contributed by atoms with van der Waals surface area (Å²) < 4.78 is 2.10. The maximum atomic E-state index is 4.72. The van der Waals surface area contributed by atoms with Gasteiger partial charge in [-0.3, -0.25) is 4.98 Å². The number of imidazole rings is 1. The molecule has 3 aromatic rings. The number of benzene rings is 1. The van der Waals surface area contributed by atoms with Crippen molar-refractivity contribution in [2.45, 2.75) is 12.8 Å². The largest absolute Gasteiger partial charge is 0.372 e. The average molecular weight is 278 g/mol.